The van der Waals surface area contributed by atoms with E-state index in [-0.39, 0.29) is 0 Å². The Morgan fingerprint density at radius 3 is 2.83 bits per heavy atom. The van der Waals surface area contributed by atoms with Gasteiger partial charge in [0.1, 0.15) is 12.2 Å². The van der Waals surface area contributed by atoms with Crippen LogP contribution in [0, 0.1) is 5.92 Å². The van der Waals surface area contributed by atoms with Gasteiger partial charge in [-0.15, -0.1) is 0 Å². The summed E-state index contributed by atoms with van der Waals surface area (Å²) in [6.45, 7) is 6.51. The lowest BCUT2D eigenvalue weighted by atomic mass is 9.78. The molecule has 0 radical (unpaired) electrons. The average Bonchev–Trinajstić information content (AvgIpc) is 2.72. The zero-order valence-electron chi connectivity index (χ0n) is 11.7. The lowest BCUT2D eigenvalue weighted by Crippen LogP contribution is -2.42. The van der Waals surface area contributed by atoms with Crippen LogP contribution in [0.25, 0.3) is 0 Å². The van der Waals surface area contributed by atoms with Crippen molar-refractivity contribution in [3.8, 4) is 0 Å². The molecule has 1 unspecified atom stereocenters. The normalized spacial score (nSPS) is 17.7. The standard InChI is InChI=1S/C14H26N4/c1-3-8-15-13(12-6-5-7-12)10-14-16-11-17-18(14)9-4-2/h11-13,15H,3-10H2,1-2H3. The van der Waals surface area contributed by atoms with Gasteiger partial charge in [0.15, 0.2) is 0 Å². The van der Waals surface area contributed by atoms with Crippen molar-refractivity contribution in [2.75, 3.05) is 6.54 Å². The molecule has 0 aromatic carbocycles. The third-order valence-electron chi connectivity index (χ3n) is 3.91. The first-order chi connectivity index (χ1) is 8.85. The van der Waals surface area contributed by atoms with Crippen molar-refractivity contribution in [3.05, 3.63) is 12.2 Å². The summed E-state index contributed by atoms with van der Waals surface area (Å²) < 4.78 is 2.07. The largest absolute Gasteiger partial charge is 0.313 e. The smallest absolute Gasteiger partial charge is 0.138 e. The minimum Gasteiger partial charge on any atom is -0.313 e. The second-order valence-corrected chi connectivity index (χ2v) is 5.36. The fraction of sp³-hybridized carbons (Fsp3) is 0.857. The van der Waals surface area contributed by atoms with Crippen molar-refractivity contribution in [1.29, 1.82) is 0 Å². The lowest BCUT2D eigenvalue weighted by Gasteiger charge is -2.34. The Balaban J connectivity index is 1.95. The van der Waals surface area contributed by atoms with E-state index in [1.807, 2.05) is 0 Å². The van der Waals surface area contributed by atoms with Gasteiger partial charge < -0.3 is 5.32 Å². The fourth-order valence-electron chi connectivity index (χ4n) is 2.62. The van der Waals surface area contributed by atoms with Gasteiger partial charge in [-0.3, -0.25) is 4.68 Å². The highest BCUT2D eigenvalue weighted by molar-refractivity contribution is 4.94. The predicted molar refractivity (Wildman–Crippen MR) is 73.4 cm³/mol. The molecule has 1 aromatic heterocycles. The third-order valence-corrected chi connectivity index (χ3v) is 3.91. The molecule has 0 aliphatic heterocycles. The van der Waals surface area contributed by atoms with Crippen molar-refractivity contribution in [2.45, 2.75) is 65.0 Å². The van der Waals surface area contributed by atoms with Crippen molar-refractivity contribution in [1.82, 2.24) is 20.1 Å². The summed E-state index contributed by atoms with van der Waals surface area (Å²) in [6, 6.07) is 0.596. The van der Waals surface area contributed by atoms with Gasteiger partial charge in [0.2, 0.25) is 0 Å². The molecule has 0 saturated heterocycles. The molecule has 1 N–H and O–H groups in total. The molecule has 0 amide bonds. The SMILES string of the molecule is CCCNC(Cc1ncnn1CCC)C1CCC1. The summed E-state index contributed by atoms with van der Waals surface area (Å²) in [5.74, 6) is 2.00. The molecule has 4 heteroatoms. The molecular weight excluding hydrogens is 224 g/mol. The van der Waals surface area contributed by atoms with Crippen LogP contribution in [-0.2, 0) is 13.0 Å². The van der Waals surface area contributed by atoms with Crippen LogP contribution in [0.4, 0.5) is 0 Å². The molecule has 1 aliphatic carbocycles. The number of rotatable bonds is 8. The molecule has 4 nitrogen and oxygen atoms in total. The predicted octanol–water partition coefficient (Wildman–Crippen LogP) is 2.40. The van der Waals surface area contributed by atoms with Crippen molar-refractivity contribution < 1.29 is 0 Å². The first-order valence-corrected chi connectivity index (χ1v) is 7.45. The van der Waals surface area contributed by atoms with Crippen LogP contribution >= 0.6 is 0 Å². The van der Waals surface area contributed by atoms with E-state index < -0.39 is 0 Å². The zero-order chi connectivity index (χ0) is 12.8. The Labute approximate surface area is 110 Å². The number of nitrogens with zero attached hydrogens (tertiary/aromatic N) is 3. The maximum atomic E-state index is 4.44. The Kier molecular flexibility index (Phi) is 5.17. The third kappa shape index (κ3) is 3.31. The molecule has 1 aromatic rings. The summed E-state index contributed by atoms with van der Waals surface area (Å²) in [4.78, 5) is 4.44. The highest BCUT2D eigenvalue weighted by Gasteiger charge is 2.28. The Morgan fingerprint density at radius 2 is 2.22 bits per heavy atom. The van der Waals surface area contributed by atoms with Crippen LogP contribution in [0.1, 0.15) is 51.8 Å². The van der Waals surface area contributed by atoms with Gasteiger partial charge in [-0.05, 0) is 38.1 Å². The van der Waals surface area contributed by atoms with Crippen LogP contribution in [0.3, 0.4) is 0 Å². The number of hydrogen-bond donors (Lipinski definition) is 1. The molecule has 1 fully saturated rings. The summed E-state index contributed by atoms with van der Waals surface area (Å²) in [6.07, 6.45) is 9.20. The highest BCUT2D eigenvalue weighted by Crippen LogP contribution is 2.30. The van der Waals surface area contributed by atoms with Gasteiger partial charge in [0.25, 0.3) is 0 Å². The Bertz CT molecular complexity index is 343. The van der Waals surface area contributed by atoms with Crippen LogP contribution in [0.2, 0.25) is 0 Å². The van der Waals surface area contributed by atoms with Crippen LogP contribution in [-0.4, -0.2) is 27.4 Å². The average molecular weight is 250 g/mol. The lowest BCUT2D eigenvalue weighted by molar-refractivity contribution is 0.224. The number of nitrogens with one attached hydrogen (secondary N) is 1. The van der Waals surface area contributed by atoms with Crippen LogP contribution in [0.15, 0.2) is 6.33 Å². The second-order valence-electron chi connectivity index (χ2n) is 5.36. The van der Waals surface area contributed by atoms with Crippen LogP contribution in [0.5, 0.6) is 0 Å². The first-order valence-electron chi connectivity index (χ1n) is 7.45. The number of hydrogen-bond acceptors (Lipinski definition) is 3. The number of aryl methyl sites for hydroxylation is 1. The van der Waals surface area contributed by atoms with Crippen LogP contribution < -0.4 is 5.32 Å². The fourth-order valence-corrected chi connectivity index (χ4v) is 2.62. The Hall–Kier alpha value is -0.900. The van der Waals surface area contributed by atoms with Gasteiger partial charge in [-0.25, -0.2) is 4.98 Å². The Morgan fingerprint density at radius 1 is 1.39 bits per heavy atom. The van der Waals surface area contributed by atoms with E-state index in [4.69, 9.17) is 0 Å². The summed E-state index contributed by atoms with van der Waals surface area (Å²) >= 11 is 0. The monoisotopic (exact) mass is 250 g/mol. The summed E-state index contributed by atoms with van der Waals surface area (Å²) in [5.41, 5.74) is 0. The molecule has 0 bridgehead atoms. The molecule has 1 heterocycles. The van der Waals surface area contributed by atoms with E-state index in [2.05, 4.69) is 33.9 Å². The minimum absolute atomic E-state index is 0.596. The maximum Gasteiger partial charge on any atom is 0.138 e. The molecule has 2 rings (SSSR count). The molecular formula is C14H26N4. The van der Waals surface area contributed by atoms with Gasteiger partial charge in [0, 0.05) is 19.0 Å². The van der Waals surface area contributed by atoms with Crippen molar-refractivity contribution >= 4 is 0 Å². The van der Waals surface area contributed by atoms with Crippen molar-refractivity contribution in [2.24, 2.45) is 5.92 Å². The second kappa shape index (κ2) is 6.88. The van der Waals surface area contributed by atoms with E-state index in [0.29, 0.717) is 6.04 Å². The topological polar surface area (TPSA) is 42.7 Å². The maximum absolute atomic E-state index is 4.44. The quantitative estimate of drug-likeness (QED) is 0.770. The summed E-state index contributed by atoms with van der Waals surface area (Å²) in [7, 11) is 0. The van der Waals surface area contributed by atoms with E-state index in [1.54, 1.807) is 6.33 Å². The van der Waals surface area contributed by atoms with Gasteiger partial charge in [-0.1, -0.05) is 20.3 Å². The molecule has 1 saturated carbocycles. The van der Waals surface area contributed by atoms with Gasteiger partial charge >= 0.3 is 0 Å². The van der Waals surface area contributed by atoms with E-state index in [1.165, 1.54) is 25.7 Å². The van der Waals surface area contributed by atoms with E-state index in [0.717, 1.165) is 37.7 Å². The number of aromatic nitrogens is 3. The van der Waals surface area contributed by atoms with E-state index in [9.17, 15) is 0 Å². The molecule has 0 spiro atoms. The molecule has 1 aliphatic rings. The van der Waals surface area contributed by atoms with Gasteiger partial charge in [-0.2, -0.15) is 5.10 Å². The highest BCUT2D eigenvalue weighted by atomic mass is 15.3. The summed E-state index contributed by atoms with van der Waals surface area (Å²) in [5, 5.41) is 8.02. The van der Waals surface area contributed by atoms with Crippen molar-refractivity contribution in [3.63, 3.8) is 0 Å². The first kappa shape index (κ1) is 13.5. The minimum atomic E-state index is 0.596. The van der Waals surface area contributed by atoms with E-state index >= 15 is 0 Å². The molecule has 102 valence electrons. The van der Waals surface area contributed by atoms with Gasteiger partial charge in [0.05, 0.1) is 0 Å². The molecule has 18 heavy (non-hydrogen) atoms. The molecule has 1 atom stereocenters. The zero-order valence-corrected chi connectivity index (χ0v) is 11.7.